The summed E-state index contributed by atoms with van der Waals surface area (Å²) >= 11 is 11.9. The van der Waals surface area contributed by atoms with Gasteiger partial charge in [-0.1, -0.05) is 35.3 Å². The van der Waals surface area contributed by atoms with Gasteiger partial charge in [-0.3, -0.25) is 0 Å². The van der Waals surface area contributed by atoms with Gasteiger partial charge in [0.05, 0.1) is 10.4 Å². The number of carboxylic acids is 1. The number of aromatic nitrogens is 2. The average molecular weight is 608 g/mol. The highest BCUT2D eigenvalue weighted by atomic mass is 35.5. The molecule has 0 aliphatic carbocycles. The number of hydrogen-bond acceptors (Lipinski definition) is 7. The Labute approximate surface area is 233 Å². The number of hydrogen-bond donors (Lipinski definition) is 2. The Bertz CT molecular complexity index is 1410. The van der Waals surface area contributed by atoms with Crippen molar-refractivity contribution in [1.82, 2.24) is 14.7 Å². The maximum absolute atomic E-state index is 12.6. The molecule has 0 bridgehead atoms. The maximum Gasteiger partial charge on any atom is 0.490 e. The largest absolute Gasteiger partial charge is 0.490 e. The van der Waals surface area contributed by atoms with Crippen LogP contribution in [0.15, 0.2) is 47.4 Å². The van der Waals surface area contributed by atoms with E-state index in [9.17, 15) is 21.6 Å². The van der Waals surface area contributed by atoms with Gasteiger partial charge < -0.3 is 14.9 Å². The SMILES string of the molecule is CN(C)c1nc(N2CCC(CNS(=O)(=O)c3cc(Cl)cc(Cl)c3)CC2)nc2ccccc12.O=C(O)C(F)(F)F. The molecule has 1 aromatic heterocycles. The molecule has 2 heterocycles. The summed E-state index contributed by atoms with van der Waals surface area (Å²) in [6, 6.07) is 12.3. The van der Waals surface area contributed by atoms with Crippen molar-refractivity contribution in [2.24, 2.45) is 5.92 Å². The van der Waals surface area contributed by atoms with Crippen LogP contribution in [0.5, 0.6) is 0 Å². The molecule has 0 saturated carbocycles. The van der Waals surface area contributed by atoms with Crippen LogP contribution in [0.3, 0.4) is 0 Å². The highest BCUT2D eigenvalue weighted by Crippen LogP contribution is 2.28. The van der Waals surface area contributed by atoms with Crippen LogP contribution in [-0.2, 0) is 14.8 Å². The number of fused-ring (bicyclic) bond motifs is 1. The number of benzene rings is 2. The van der Waals surface area contributed by atoms with E-state index in [-0.39, 0.29) is 10.8 Å². The van der Waals surface area contributed by atoms with Gasteiger partial charge >= 0.3 is 12.1 Å². The molecule has 0 amide bonds. The zero-order valence-electron chi connectivity index (χ0n) is 20.9. The predicted octanol–water partition coefficient (Wildman–Crippen LogP) is 4.83. The van der Waals surface area contributed by atoms with Gasteiger partial charge in [0, 0.05) is 49.2 Å². The highest BCUT2D eigenvalue weighted by Gasteiger charge is 2.38. The Kier molecular flexibility index (Phi) is 9.86. The van der Waals surface area contributed by atoms with Crippen LogP contribution >= 0.6 is 23.2 Å². The summed E-state index contributed by atoms with van der Waals surface area (Å²) < 4.78 is 59.7. The second-order valence-electron chi connectivity index (χ2n) is 8.95. The van der Waals surface area contributed by atoms with Crippen LogP contribution in [0, 0.1) is 5.92 Å². The first-order valence-electron chi connectivity index (χ1n) is 11.6. The van der Waals surface area contributed by atoms with Crippen molar-refractivity contribution < 1.29 is 31.5 Å². The molecule has 2 aromatic carbocycles. The monoisotopic (exact) mass is 607 g/mol. The molecule has 39 heavy (non-hydrogen) atoms. The Morgan fingerprint density at radius 3 is 2.21 bits per heavy atom. The Hall–Kier alpha value is -2.87. The lowest BCUT2D eigenvalue weighted by atomic mass is 9.97. The second-order valence-corrected chi connectivity index (χ2v) is 11.6. The summed E-state index contributed by atoms with van der Waals surface area (Å²) in [7, 11) is 0.280. The molecule has 15 heteroatoms. The fraction of sp³-hybridized carbons (Fsp3) is 0.375. The van der Waals surface area contributed by atoms with Crippen LogP contribution in [0.25, 0.3) is 10.9 Å². The van der Waals surface area contributed by atoms with Gasteiger partial charge in [0.2, 0.25) is 16.0 Å². The van der Waals surface area contributed by atoms with Gasteiger partial charge in [0.15, 0.2) is 0 Å². The number of sulfonamides is 1. The molecule has 0 spiro atoms. The Morgan fingerprint density at radius 1 is 1.10 bits per heavy atom. The van der Waals surface area contributed by atoms with Gasteiger partial charge in [-0.25, -0.2) is 22.9 Å². The number of halogens is 5. The zero-order chi connectivity index (χ0) is 29.0. The van der Waals surface area contributed by atoms with E-state index in [0.717, 1.165) is 42.7 Å². The van der Waals surface area contributed by atoms with E-state index in [1.807, 2.05) is 43.3 Å². The summed E-state index contributed by atoms with van der Waals surface area (Å²) in [5.41, 5.74) is 0.913. The minimum absolute atomic E-state index is 0.0771. The number of alkyl halides is 3. The Morgan fingerprint density at radius 2 is 1.67 bits per heavy atom. The van der Waals surface area contributed by atoms with Crippen molar-refractivity contribution in [3.63, 3.8) is 0 Å². The molecule has 0 unspecified atom stereocenters. The molecular weight excluding hydrogens is 582 g/mol. The summed E-state index contributed by atoms with van der Waals surface area (Å²) in [6.45, 7) is 1.89. The molecule has 1 aliphatic heterocycles. The minimum Gasteiger partial charge on any atom is -0.475 e. The predicted molar refractivity (Wildman–Crippen MR) is 144 cm³/mol. The highest BCUT2D eigenvalue weighted by molar-refractivity contribution is 7.89. The summed E-state index contributed by atoms with van der Waals surface area (Å²) in [5, 5.41) is 8.73. The first-order chi connectivity index (χ1) is 18.2. The molecule has 0 atom stereocenters. The third kappa shape index (κ3) is 8.31. The maximum atomic E-state index is 12.6. The molecule has 2 N–H and O–H groups in total. The van der Waals surface area contributed by atoms with Crippen molar-refractivity contribution in [2.45, 2.75) is 23.9 Å². The minimum atomic E-state index is -5.08. The van der Waals surface area contributed by atoms with E-state index in [1.54, 1.807) is 0 Å². The van der Waals surface area contributed by atoms with E-state index in [2.05, 4.69) is 9.62 Å². The van der Waals surface area contributed by atoms with Crippen LogP contribution in [-0.4, -0.2) is 69.4 Å². The van der Waals surface area contributed by atoms with Gasteiger partial charge in [0.25, 0.3) is 0 Å². The lowest BCUT2D eigenvalue weighted by molar-refractivity contribution is -0.192. The molecule has 9 nitrogen and oxygen atoms in total. The molecule has 1 aliphatic rings. The topological polar surface area (TPSA) is 116 Å². The van der Waals surface area contributed by atoms with Crippen molar-refractivity contribution in [3.05, 3.63) is 52.5 Å². The van der Waals surface area contributed by atoms with E-state index in [0.29, 0.717) is 22.5 Å². The first-order valence-corrected chi connectivity index (χ1v) is 13.9. The molecular formula is C24H26Cl2F3N5O4S. The summed E-state index contributed by atoms with van der Waals surface area (Å²) in [6.07, 6.45) is -3.40. The standard InChI is InChI=1S/C22H25Cl2N5O2S.C2HF3O2/c1-28(2)21-19-5-3-4-6-20(19)26-22(27-21)29-9-7-15(8-10-29)14-25-32(30,31)18-12-16(23)11-17(24)13-18;3-2(4,5)1(6)7/h3-6,11-13,15,25H,7-10,14H2,1-2H3;(H,6,7). The molecule has 4 rings (SSSR count). The van der Waals surface area contributed by atoms with Crippen molar-refractivity contribution in [2.75, 3.05) is 43.5 Å². The number of rotatable bonds is 6. The normalized spacial score (nSPS) is 14.6. The fourth-order valence-corrected chi connectivity index (χ4v) is 5.70. The lowest BCUT2D eigenvalue weighted by Crippen LogP contribution is -2.39. The second kappa shape index (κ2) is 12.5. The number of piperidine rings is 1. The number of aliphatic carboxylic acids is 1. The number of para-hydroxylation sites is 1. The summed E-state index contributed by atoms with van der Waals surface area (Å²) in [5.74, 6) is -0.933. The van der Waals surface area contributed by atoms with Crippen LogP contribution in [0.2, 0.25) is 10.0 Å². The smallest absolute Gasteiger partial charge is 0.475 e. The fourth-order valence-electron chi connectivity index (χ4n) is 3.86. The molecule has 0 radical (unpaired) electrons. The van der Waals surface area contributed by atoms with Gasteiger partial charge in [-0.05, 0) is 49.1 Å². The van der Waals surface area contributed by atoms with E-state index in [4.69, 9.17) is 43.1 Å². The number of carbonyl (C=O) groups is 1. The van der Waals surface area contributed by atoms with Gasteiger partial charge in [-0.2, -0.15) is 18.2 Å². The number of carboxylic acid groups (broad SMARTS) is 1. The third-order valence-electron chi connectivity index (χ3n) is 5.84. The molecule has 3 aromatic rings. The lowest BCUT2D eigenvalue weighted by Gasteiger charge is -2.32. The van der Waals surface area contributed by atoms with Crippen molar-refractivity contribution in [1.29, 1.82) is 0 Å². The van der Waals surface area contributed by atoms with Crippen molar-refractivity contribution in [3.8, 4) is 0 Å². The van der Waals surface area contributed by atoms with E-state index < -0.39 is 22.2 Å². The molecule has 212 valence electrons. The first kappa shape index (κ1) is 30.7. The average Bonchev–Trinajstić information content (AvgIpc) is 2.86. The van der Waals surface area contributed by atoms with Gasteiger partial charge in [0.1, 0.15) is 5.82 Å². The van der Waals surface area contributed by atoms with E-state index >= 15 is 0 Å². The molecule has 1 fully saturated rings. The number of nitrogens with one attached hydrogen (secondary N) is 1. The number of nitrogens with zero attached hydrogens (tertiary/aromatic N) is 4. The van der Waals surface area contributed by atoms with Crippen LogP contribution in [0.4, 0.5) is 24.9 Å². The van der Waals surface area contributed by atoms with E-state index in [1.165, 1.54) is 18.2 Å². The summed E-state index contributed by atoms with van der Waals surface area (Å²) in [4.78, 5) is 22.7. The van der Waals surface area contributed by atoms with Crippen molar-refractivity contribution >= 4 is 61.9 Å². The quantitative estimate of drug-likeness (QED) is 0.409. The van der Waals surface area contributed by atoms with Crippen LogP contribution < -0.4 is 14.5 Å². The Balaban J connectivity index is 0.000000532. The van der Waals surface area contributed by atoms with Crippen LogP contribution in [0.1, 0.15) is 12.8 Å². The number of anilines is 2. The van der Waals surface area contributed by atoms with Gasteiger partial charge in [-0.15, -0.1) is 0 Å². The zero-order valence-corrected chi connectivity index (χ0v) is 23.2. The molecule has 1 saturated heterocycles. The third-order valence-corrected chi connectivity index (χ3v) is 7.68.